The van der Waals surface area contributed by atoms with Crippen LogP contribution in [0.3, 0.4) is 0 Å². The second kappa shape index (κ2) is 5.15. The van der Waals surface area contributed by atoms with Crippen molar-refractivity contribution in [2.24, 2.45) is 17.8 Å². The maximum Gasteiger partial charge on any atom is 0.407 e. The van der Waals surface area contributed by atoms with Crippen LogP contribution in [0, 0.1) is 17.8 Å². The van der Waals surface area contributed by atoms with Crippen LogP contribution in [0.5, 0.6) is 0 Å². The van der Waals surface area contributed by atoms with Gasteiger partial charge in [-0.2, -0.15) is 0 Å². The quantitative estimate of drug-likeness (QED) is 0.881. The minimum atomic E-state index is -0.704. The molecule has 0 bridgehead atoms. The van der Waals surface area contributed by atoms with Crippen LogP contribution in [-0.2, 0) is 16.1 Å². The zero-order chi connectivity index (χ0) is 14.1. The molecule has 5 heteroatoms. The van der Waals surface area contributed by atoms with Crippen LogP contribution >= 0.6 is 0 Å². The fourth-order valence-electron chi connectivity index (χ4n) is 3.26. The third-order valence-electron chi connectivity index (χ3n) is 4.26. The highest BCUT2D eigenvalue weighted by Crippen LogP contribution is 2.57. The lowest BCUT2D eigenvalue weighted by Gasteiger charge is -2.15. The van der Waals surface area contributed by atoms with Crippen molar-refractivity contribution in [3.8, 4) is 0 Å². The highest BCUT2D eigenvalue weighted by molar-refractivity contribution is 5.75. The Morgan fingerprint density at radius 3 is 2.45 bits per heavy atom. The monoisotopic (exact) mass is 275 g/mol. The molecule has 1 aromatic carbocycles. The molecule has 20 heavy (non-hydrogen) atoms. The number of rotatable bonds is 4. The molecule has 2 fully saturated rings. The maximum atomic E-state index is 11.7. The maximum absolute atomic E-state index is 11.7. The number of nitrogens with one attached hydrogen (secondary N) is 1. The zero-order valence-electron chi connectivity index (χ0n) is 11.0. The van der Waals surface area contributed by atoms with Crippen LogP contribution < -0.4 is 5.32 Å². The Balaban J connectivity index is 1.40. The van der Waals surface area contributed by atoms with E-state index >= 15 is 0 Å². The standard InChI is InChI=1S/C15H17NO4/c17-14(18)13-11-6-10(7-12(11)13)16-15(19)20-8-9-4-2-1-3-5-9/h1-5,10-13H,6-8H2,(H,16,19)(H,17,18). The number of carbonyl (C=O) groups is 2. The summed E-state index contributed by atoms with van der Waals surface area (Å²) in [6, 6.07) is 9.56. The van der Waals surface area contributed by atoms with Crippen molar-refractivity contribution in [2.45, 2.75) is 25.5 Å². The number of carboxylic acids is 1. The summed E-state index contributed by atoms with van der Waals surface area (Å²) in [7, 11) is 0. The predicted molar refractivity (Wildman–Crippen MR) is 70.9 cm³/mol. The fraction of sp³-hybridized carbons (Fsp3) is 0.467. The summed E-state index contributed by atoms with van der Waals surface area (Å²) in [4.78, 5) is 22.5. The van der Waals surface area contributed by atoms with Gasteiger partial charge in [-0.1, -0.05) is 30.3 Å². The first-order valence-electron chi connectivity index (χ1n) is 6.85. The van der Waals surface area contributed by atoms with Crippen molar-refractivity contribution >= 4 is 12.1 Å². The van der Waals surface area contributed by atoms with E-state index < -0.39 is 12.1 Å². The van der Waals surface area contributed by atoms with Gasteiger partial charge in [0, 0.05) is 6.04 Å². The Labute approximate surface area is 116 Å². The van der Waals surface area contributed by atoms with Crippen molar-refractivity contribution in [3.05, 3.63) is 35.9 Å². The van der Waals surface area contributed by atoms with Gasteiger partial charge in [-0.25, -0.2) is 4.79 Å². The summed E-state index contributed by atoms with van der Waals surface area (Å²) >= 11 is 0. The zero-order valence-corrected chi connectivity index (χ0v) is 11.0. The number of benzene rings is 1. The van der Waals surface area contributed by atoms with Crippen molar-refractivity contribution in [2.75, 3.05) is 0 Å². The lowest BCUT2D eigenvalue weighted by Crippen LogP contribution is -2.35. The molecule has 0 radical (unpaired) electrons. The molecule has 106 valence electrons. The van der Waals surface area contributed by atoms with Gasteiger partial charge in [-0.15, -0.1) is 0 Å². The van der Waals surface area contributed by atoms with Gasteiger partial charge >= 0.3 is 12.1 Å². The largest absolute Gasteiger partial charge is 0.481 e. The first kappa shape index (κ1) is 13.0. The summed E-state index contributed by atoms with van der Waals surface area (Å²) < 4.78 is 5.15. The Kier molecular flexibility index (Phi) is 3.34. The number of carboxylic acid groups (broad SMARTS) is 1. The molecule has 1 amide bonds. The predicted octanol–water partition coefficient (Wildman–Crippen LogP) is 2.02. The van der Waals surface area contributed by atoms with Crippen LogP contribution in [0.1, 0.15) is 18.4 Å². The van der Waals surface area contributed by atoms with E-state index in [0.29, 0.717) is 0 Å². The van der Waals surface area contributed by atoms with Crippen LogP contribution in [0.25, 0.3) is 0 Å². The summed E-state index contributed by atoms with van der Waals surface area (Å²) in [5, 5.41) is 11.7. The molecular weight excluding hydrogens is 258 g/mol. The summed E-state index contributed by atoms with van der Waals surface area (Å²) in [6.45, 7) is 0.254. The summed E-state index contributed by atoms with van der Waals surface area (Å²) in [5.74, 6) is -0.405. The highest BCUT2D eigenvalue weighted by atomic mass is 16.5. The number of carbonyl (C=O) groups excluding carboxylic acids is 1. The molecular formula is C15H17NO4. The number of aliphatic carboxylic acids is 1. The van der Waals surface area contributed by atoms with Crippen LogP contribution in [-0.4, -0.2) is 23.2 Å². The molecule has 0 aromatic heterocycles. The molecule has 2 N–H and O–H groups in total. The average Bonchev–Trinajstić information content (AvgIpc) is 2.96. The normalized spacial score (nSPS) is 30.4. The van der Waals surface area contributed by atoms with Crippen molar-refractivity contribution in [1.29, 1.82) is 0 Å². The van der Waals surface area contributed by atoms with Gasteiger partial charge in [0.05, 0.1) is 5.92 Å². The van der Waals surface area contributed by atoms with Crippen LogP contribution in [0.4, 0.5) is 4.79 Å². The van der Waals surface area contributed by atoms with Crippen molar-refractivity contribution in [3.63, 3.8) is 0 Å². The van der Waals surface area contributed by atoms with Crippen LogP contribution in [0.2, 0.25) is 0 Å². The number of fused-ring (bicyclic) bond motifs is 1. The smallest absolute Gasteiger partial charge is 0.407 e. The number of hydrogen-bond donors (Lipinski definition) is 2. The third kappa shape index (κ3) is 2.61. The Morgan fingerprint density at radius 1 is 1.20 bits per heavy atom. The minimum Gasteiger partial charge on any atom is -0.481 e. The van der Waals surface area contributed by atoms with E-state index in [2.05, 4.69) is 5.32 Å². The fourth-order valence-corrected chi connectivity index (χ4v) is 3.26. The molecule has 2 atom stereocenters. The van der Waals surface area contributed by atoms with E-state index in [1.54, 1.807) is 0 Å². The van der Waals surface area contributed by atoms with E-state index in [1.165, 1.54) is 0 Å². The molecule has 2 saturated carbocycles. The van der Waals surface area contributed by atoms with E-state index in [-0.39, 0.29) is 30.4 Å². The topological polar surface area (TPSA) is 75.6 Å². The lowest BCUT2D eigenvalue weighted by atomic mass is 10.1. The van der Waals surface area contributed by atoms with Gasteiger partial charge in [0.2, 0.25) is 0 Å². The molecule has 0 aliphatic heterocycles. The van der Waals surface area contributed by atoms with E-state index in [9.17, 15) is 9.59 Å². The lowest BCUT2D eigenvalue weighted by molar-refractivity contribution is -0.139. The number of ether oxygens (including phenoxy) is 1. The minimum absolute atomic E-state index is 0.0591. The summed E-state index contributed by atoms with van der Waals surface area (Å²) in [5.41, 5.74) is 0.947. The molecule has 5 nitrogen and oxygen atoms in total. The number of alkyl carbamates (subject to hydrolysis) is 1. The van der Waals surface area contributed by atoms with Crippen LogP contribution in [0.15, 0.2) is 30.3 Å². The molecule has 0 heterocycles. The second-order valence-electron chi connectivity index (χ2n) is 5.57. The van der Waals surface area contributed by atoms with E-state index in [4.69, 9.17) is 9.84 Å². The molecule has 1 aromatic rings. The van der Waals surface area contributed by atoms with E-state index in [0.717, 1.165) is 18.4 Å². The average molecular weight is 275 g/mol. The van der Waals surface area contributed by atoms with Crippen molar-refractivity contribution < 1.29 is 19.4 Å². The summed E-state index contributed by atoms with van der Waals surface area (Å²) in [6.07, 6.45) is 1.08. The first-order valence-corrected chi connectivity index (χ1v) is 6.85. The molecule has 2 aliphatic carbocycles. The Bertz CT molecular complexity index is 504. The van der Waals surface area contributed by atoms with Gasteiger partial charge in [-0.3, -0.25) is 4.79 Å². The molecule has 2 unspecified atom stereocenters. The third-order valence-corrected chi connectivity index (χ3v) is 4.26. The highest BCUT2D eigenvalue weighted by Gasteiger charge is 2.60. The van der Waals surface area contributed by atoms with Gasteiger partial charge in [0.25, 0.3) is 0 Å². The Morgan fingerprint density at radius 2 is 1.85 bits per heavy atom. The molecule has 3 rings (SSSR count). The second-order valence-corrected chi connectivity index (χ2v) is 5.57. The first-order chi connectivity index (χ1) is 9.65. The molecule has 0 spiro atoms. The number of amides is 1. The Hall–Kier alpha value is -2.04. The van der Waals surface area contributed by atoms with Gasteiger partial charge in [-0.05, 0) is 30.2 Å². The molecule has 2 aliphatic rings. The van der Waals surface area contributed by atoms with E-state index in [1.807, 2.05) is 30.3 Å². The van der Waals surface area contributed by atoms with Gasteiger partial charge in [0.1, 0.15) is 6.61 Å². The molecule has 0 saturated heterocycles. The van der Waals surface area contributed by atoms with Gasteiger partial charge < -0.3 is 15.2 Å². The van der Waals surface area contributed by atoms with Crippen molar-refractivity contribution in [1.82, 2.24) is 5.32 Å². The number of hydrogen-bond acceptors (Lipinski definition) is 3. The van der Waals surface area contributed by atoms with Gasteiger partial charge in [0.15, 0.2) is 0 Å². The SMILES string of the molecule is O=C(NC1CC2C(C1)C2C(=O)O)OCc1ccccc1.